The molecule has 0 heterocycles. The Balaban J connectivity index is 4.82. The second-order valence-corrected chi connectivity index (χ2v) is 4.76. The predicted octanol–water partition coefficient (Wildman–Crippen LogP) is 0.922. The quantitative estimate of drug-likeness (QED) is 0.503. The van der Waals surface area contributed by atoms with Crippen molar-refractivity contribution in [2.24, 2.45) is 5.41 Å². The van der Waals surface area contributed by atoms with Crippen LogP contribution in [0.25, 0.3) is 0 Å². The molecule has 4 heteroatoms. The van der Waals surface area contributed by atoms with E-state index in [1.165, 1.54) is 6.92 Å². The maximum atomic E-state index is 10.6. The zero-order chi connectivity index (χ0) is 9.28. The molecular formula is C7H12O3S. The summed E-state index contributed by atoms with van der Waals surface area (Å²) >= 11 is 0. The van der Waals surface area contributed by atoms with Gasteiger partial charge in [-0.25, -0.2) is 0 Å². The van der Waals surface area contributed by atoms with Crippen LogP contribution in [0, 0.1) is 17.8 Å². The first-order valence-electron chi connectivity index (χ1n) is 3.16. The van der Waals surface area contributed by atoms with Gasteiger partial charge in [0, 0.05) is 5.41 Å². The lowest BCUT2D eigenvalue weighted by Gasteiger charge is -2.22. The summed E-state index contributed by atoms with van der Waals surface area (Å²) in [5.74, 6) is 2.31. The van der Waals surface area contributed by atoms with Gasteiger partial charge in [0.05, 0.1) is 5.25 Å². The molecule has 64 valence electrons. The molecule has 1 N–H and O–H groups in total. The monoisotopic (exact) mass is 176 g/mol. The molecule has 0 aromatic carbocycles. The first kappa shape index (κ1) is 10.5. The highest BCUT2D eigenvalue weighted by Crippen LogP contribution is 2.24. The van der Waals surface area contributed by atoms with E-state index in [9.17, 15) is 8.42 Å². The van der Waals surface area contributed by atoms with Crippen molar-refractivity contribution in [2.45, 2.75) is 26.0 Å². The molecule has 0 radical (unpaired) electrons. The molecule has 0 saturated heterocycles. The highest BCUT2D eigenvalue weighted by Gasteiger charge is 2.32. The van der Waals surface area contributed by atoms with Gasteiger partial charge in [-0.3, -0.25) is 4.55 Å². The van der Waals surface area contributed by atoms with Crippen molar-refractivity contribution in [1.82, 2.24) is 0 Å². The van der Waals surface area contributed by atoms with Crippen LogP contribution in [0.4, 0.5) is 0 Å². The maximum Gasteiger partial charge on any atom is 0.268 e. The molecule has 0 aromatic rings. The zero-order valence-corrected chi connectivity index (χ0v) is 7.64. The number of hydrogen-bond acceptors (Lipinski definition) is 2. The zero-order valence-electron chi connectivity index (χ0n) is 6.83. The van der Waals surface area contributed by atoms with Crippen molar-refractivity contribution in [2.75, 3.05) is 0 Å². The van der Waals surface area contributed by atoms with E-state index in [1.54, 1.807) is 13.8 Å². The Kier molecular flexibility index (Phi) is 2.70. The average Bonchev–Trinajstić information content (AvgIpc) is 1.84. The largest absolute Gasteiger partial charge is 0.285 e. The smallest absolute Gasteiger partial charge is 0.268 e. The standard InChI is InChI=1S/C7H12O3S/c1-5-7(3,4)6(2)11(8,9)10/h1,6H,2-4H3,(H,8,9,10). The highest BCUT2D eigenvalue weighted by atomic mass is 32.2. The van der Waals surface area contributed by atoms with Gasteiger partial charge in [0.2, 0.25) is 0 Å². The van der Waals surface area contributed by atoms with Crippen LogP contribution in [0.3, 0.4) is 0 Å². The van der Waals surface area contributed by atoms with Crippen LogP contribution < -0.4 is 0 Å². The molecule has 0 rings (SSSR count). The molecule has 0 spiro atoms. The van der Waals surface area contributed by atoms with Crippen LogP contribution in [0.5, 0.6) is 0 Å². The third kappa shape index (κ3) is 2.52. The third-order valence-electron chi connectivity index (χ3n) is 1.84. The summed E-state index contributed by atoms with van der Waals surface area (Å²) in [7, 11) is -4.02. The molecule has 0 bridgehead atoms. The van der Waals surface area contributed by atoms with Gasteiger partial charge in [-0.15, -0.1) is 6.42 Å². The minimum absolute atomic E-state index is 0.826. The predicted molar refractivity (Wildman–Crippen MR) is 43.6 cm³/mol. The lowest BCUT2D eigenvalue weighted by Crippen LogP contribution is -2.32. The van der Waals surface area contributed by atoms with E-state index >= 15 is 0 Å². The third-order valence-corrected chi connectivity index (χ3v) is 3.32. The first-order chi connectivity index (χ1) is 4.72. The fourth-order valence-corrected chi connectivity index (χ4v) is 1.30. The molecular weight excluding hydrogens is 164 g/mol. The van der Waals surface area contributed by atoms with E-state index in [-0.39, 0.29) is 0 Å². The topological polar surface area (TPSA) is 54.4 Å². The van der Waals surface area contributed by atoms with Gasteiger partial charge < -0.3 is 0 Å². The van der Waals surface area contributed by atoms with E-state index in [0.29, 0.717) is 0 Å². The Morgan fingerprint density at radius 2 is 1.91 bits per heavy atom. The Labute approximate surface area is 67.6 Å². The van der Waals surface area contributed by atoms with Crippen molar-refractivity contribution in [3.63, 3.8) is 0 Å². The summed E-state index contributed by atoms with van der Waals surface area (Å²) in [6.45, 7) is 4.56. The molecule has 3 nitrogen and oxygen atoms in total. The van der Waals surface area contributed by atoms with Crippen molar-refractivity contribution >= 4 is 10.1 Å². The Bertz CT molecular complexity index is 269. The van der Waals surface area contributed by atoms with Gasteiger partial charge in [0.15, 0.2) is 0 Å². The molecule has 0 saturated carbocycles. The van der Waals surface area contributed by atoms with E-state index < -0.39 is 20.8 Å². The van der Waals surface area contributed by atoms with Crippen molar-refractivity contribution < 1.29 is 13.0 Å². The molecule has 11 heavy (non-hydrogen) atoms. The molecule has 1 atom stereocenters. The van der Waals surface area contributed by atoms with Crippen LogP contribution in [0.1, 0.15) is 20.8 Å². The second kappa shape index (κ2) is 2.84. The normalized spacial score (nSPS) is 15.5. The summed E-state index contributed by atoms with van der Waals surface area (Å²) in [6.07, 6.45) is 5.08. The summed E-state index contributed by atoms with van der Waals surface area (Å²) in [5.41, 5.74) is -0.826. The number of rotatable bonds is 2. The molecule has 0 aliphatic heterocycles. The Morgan fingerprint density at radius 1 is 1.55 bits per heavy atom. The van der Waals surface area contributed by atoms with Gasteiger partial charge in [0.25, 0.3) is 10.1 Å². The molecule has 0 aliphatic rings. The van der Waals surface area contributed by atoms with Gasteiger partial charge in [0.1, 0.15) is 0 Å². The van der Waals surface area contributed by atoms with E-state index in [4.69, 9.17) is 11.0 Å². The van der Waals surface area contributed by atoms with Crippen LogP contribution in [0.15, 0.2) is 0 Å². The minimum Gasteiger partial charge on any atom is -0.285 e. The molecule has 1 unspecified atom stereocenters. The fraction of sp³-hybridized carbons (Fsp3) is 0.714. The van der Waals surface area contributed by atoms with Crippen molar-refractivity contribution in [1.29, 1.82) is 0 Å². The number of terminal acetylenes is 1. The molecule has 0 amide bonds. The van der Waals surface area contributed by atoms with Crippen LogP contribution in [0.2, 0.25) is 0 Å². The minimum atomic E-state index is -4.02. The maximum absolute atomic E-state index is 10.6. The summed E-state index contributed by atoms with van der Waals surface area (Å²) in [5, 5.41) is -0.931. The van der Waals surface area contributed by atoms with Crippen LogP contribution in [-0.2, 0) is 10.1 Å². The lowest BCUT2D eigenvalue weighted by atomic mass is 9.91. The fourth-order valence-electron chi connectivity index (χ4n) is 0.490. The lowest BCUT2D eigenvalue weighted by molar-refractivity contribution is 0.412. The molecule has 0 fully saturated rings. The SMILES string of the molecule is C#CC(C)(C)C(C)S(=O)(=O)O. The summed E-state index contributed by atoms with van der Waals surface area (Å²) in [4.78, 5) is 0. The van der Waals surface area contributed by atoms with E-state index in [0.717, 1.165) is 0 Å². The van der Waals surface area contributed by atoms with Gasteiger partial charge in [-0.1, -0.05) is 5.92 Å². The van der Waals surface area contributed by atoms with E-state index in [1.807, 2.05) is 0 Å². The summed E-state index contributed by atoms with van der Waals surface area (Å²) in [6, 6.07) is 0. The van der Waals surface area contributed by atoms with Crippen LogP contribution >= 0.6 is 0 Å². The average molecular weight is 176 g/mol. The molecule has 0 aromatic heterocycles. The van der Waals surface area contributed by atoms with E-state index in [2.05, 4.69) is 5.92 Å². The van der Waals surface area contributed by atoms with Gasteiger partial charge >= 0.3 is 0 Å². The van der Waals surface area contributed by atoms with Crippen molar-refractivity contribution in [3.8, 4) is 12.3 Å². The van der Waals surface area contributed by atoms with Crippen LogP contribution in [-0.4, -0.2) is 18.2 Å². The van der Waals surface area contributed by atoms with Gasteiger partial charge in [-0.2, -0.15) is 8.42 Å². The van der Waals surface area contributed by atoms with Gasteiger partial charge in [-0.05, 0) is 20.8 Å². The molecule has 0 aliphatic carbocycles. The Morgan fingerprint density at radius 3 is 2.00 bits per heavy atom. The number of hydrogen-bond donors (Lipinski definition) is 1. The Hall–Kier alpha value is -0.530. The first-order valence-corrected chi connectivity index (χ1v) is 4.66. The highest BCUT2D eigenvalue weighted by molar-refractivity contribution is 7.86. The summed E-state index contributed by atoms with van der Waals surface area (Å²) < 4.78 is 29.8. The second-order valence-electron chi connectivity index (χ2n) is 3.02. The van der Waals surface area contributed by atoms with Crippen molar-refractivity contribution in [3.05, 3.63) is 0 Å².